The summed E-state index contributed by atoms with van der Waals surface area (Å²) in [7, 11) is 3.38. The Morgan fingerprint density at radius 3 is 2.65 bits per heavy atom. The lowest BCUT2D eigenvalue weighted by molar-refractivity contribution is 0.181. The van der Waals surface area contributed by atoms with E-state index >= 15 is 0 Å². The highest BCUT2D eigenvalue weighted by Crippen LogP contribution is 2.26. The second-order valence-electron chi connectivity index (χ2n) is 7.78. The highest BCUT2D eigenvalue weighted by molar-refractivity contribution is 5.90. The number of ether oxygens (including phenoxy) is 2. The van der Waals surface area contributed by atoms with Gasteiger partial charge in [-0.1, -0.05) is 42.5 Å². The molecule has 4 rings (SSSR count). The molecular formula is C26H29N3O2. The van der Waals surface area contributed by atoms with Crippen molar-refractivity contribution in [3.63, 3.8) is 0 Å². The van der Waals surface area contributed by atoms with E-state index in [0.717, 1.165) is 29.2 Å². The van der Waals surface area contributed by atoms with Crippen molar-refractivity contribution in [2.45, 2.75) is 33.0 Å². The molecule has 5 nitrogen and oxygen atoms in total. The van der Waals surface area contributed by atoms with Crippen LogP contribution in [0.25, 0.3) is 16.5 Å². The molecule has 0 fully saturated rings. The van der Waals surface area contributed by atoms with Crippen LogP contribution in [0.3, 0.4) is 0 Å². The third kappa shape index (κ3) is 4.33. The number of methoxy groups -OCH3 is 2. The van der Waals surface area contributed by atoms with Crippen LogP contribution in [-0.4, -0.2) is 24.0 Å². The summed E-state index contributed by atoms with van der Waals surface area (Å²) >= 11 is 0. The Hall–Kier alpha value is -3.15. The molecule has 0 bridgehead atoms. The van der Waals surface area contributed by atoms with Gasteiger partial charge in [0.25, 0.3) is 0 Å². The van der Waals surface area contributed by atoms with Gasteiger partial charge >= 0.3 is 0 Å². The van der Waals surface area contributed by atoms with Crippen molar-refractivity contribution in [2.24, 2.45) is 0 Å². The highest BCUT2D eigenvalue weighted by atomic mass is 16.5. The van der Waals surface area contributed by atoms with Crippen LogP contribution in [0.15, 0.2) is 66.9 Å². The van der Waals surface area contributed by atoms with Gasteiger partial charge in [0.2, 0.25) is 0 Å². The monoisotopic (exact) mass is 415 g/mol. The smallest absolute Gasteiger partial charge is 0.124 e. The molecule has 1 N–H and O–H groups in total. The minimum atomic E-state index is 0.164. The quantitative estimate of drug-likeness (QED) is 0.422. The molecule has 0 aliphatic heterocycles. The molecular weight excluding hydrogens is 386 g/mol. The largest absolute Gasteiger partial charge is 0.496 e. The van der Waals surface area contributed by atoms with Crippen LogP contribution < -0.4 is 10.1 Å². The predicted octanol–water partition coefficient (Wildman–Crippen LogP) is 5.34. The number of hydrogen-bond donors (Lipinski definition) is 1. The SMILES string of the molecule is COCc1cc(CN[C@H](C)c2cnn(-c3cccc4ccccc34)c2C)ccc1OC. The van der Waals surface area contributed by atoms with E-state index in [1.807, 2.05) is 16.9 Å². The van der Waals surface area contributed by atoms with E-state index < -0.39 is 0 Å². The van der Waals surface area contributed by atoms with Crippen LogP contribution in [0.2, 0.25) is 0 Å². The number of hydrogen-bond acceptors (Lipinski definition) is 4. The summed E-state index contributed by atoms with van der Waals surface area (Å²) in [6.07, 6.45) is 1.97. The maximum absolute atomic E-state index is 5.43. The molecule has 0 aliphatic carbocycles. The lowest BCUT2D eigenvalue weighted by atomic mass is 10.1. The zero-order chi connectivity index (χ0) is 21.8. The predicted molar refractivity (Wildman–Crippen MR) is 125 cm³/mol. The molecule has 0 spiro atoms. The number of nitrogens with zero attached hydrogens (tertiary/aromatic N) is 2. The van der Waals surface area contributed by atoms with Gasteiger partial charge in [0.1, 0.15) is 5.75 Å². The first-order valence-corrected chi connectivity index (χ1v) is 10.5. The first-order valence-electron chi connectivity index (χ1n) is 10.5. The average Bonchev–Trinajstić information content (AvgIpc) is 3.18. The number of fused-ring (bicyclic) bond motifs is 1. The molecule has 0 saturated carbocycles. The van der Waals surface area contributed by atoms with Gasteiger partial charge < -0.3 is 14.8 Å². The van der Waals surface area contributed by atoms with E-state index in [1.165, 1.54) is 21.9 Å². The zero-order valence-electron chi connectivity index (χ0n) is 18.6. The molecule has 1 aromatic heterocycles. The van der Waals surface area contributed by atoms with Gasteiger partial charge in [-0.15, -0.1) is 0 Å². The van der Waals surface area contributed by atoms with Gasteiger partial charge in [0.15, 0.2) is 0 Å². The molecule has 1 heterocycles. The lowest BCUT2D eigenvalue weighted by Gasteiger charge is -2.16. The Morgan fingerprint density at radius 2 is 1.84 bits per heavy atom. The number of benzene rings is 3. The Morgan fingerprint density at radius 1 is 1.03 bits per heavy atom. The number of nitrogens with one attached hydrogen (secondary N) is 1. The van der Waals surface area contributed by atoms with Gasteiger partial charge in [0, 0.05) is 41.9 Å². The van der Waals surface area contributed by atoms with Gasteiger partial charge in [-0.3, -0.25) is 0 Å². The van der Waals surface area contributed by atoms with Crippen molar-refractivity contribution < 1.29 is 9.47 Å². The fraction of sp³-hybridized carbons (Fsp3) is 0.269. The average molecular weight is 416 g/mol. The Labute approximate surface area is 183 Å². The van der Waals surface area contributed by atoms with Crippen molar-refractivity contribution in [1.82, 2.24) is 15.1 Å². The van der Waals surface area contributed by atoms with Gasteiger partial charge in [0.05, 0.1) is 25.6 Å². The van der Waals surface area contributed by atoms with Gasteiger partial charge in [-0.25, -0.2) is 4.68 Å². The van der Waals surface area contributed by atoms with Crippen LogP contribution in [0, 0.1) is 6.92 Å². The van der Waals surface area contributed by atoms with Crippen LogP contribution in [0.5, 0.6) is 5.75 Å². The van der Waals surface area contributed by atoms with Gasteiger partial charge in [-0.05, 0) is 43.0 Å². The summed E-state index contributed by atoms with van der Waals surface area (Å²) in [4.78, 5) is 0. The fourth-order valence-corrected chi connectivity index (χ4v) is 4.07. The van der Waals surface area contributed by atoms with Crippen molar-refractivity contribution in [1.29, 1.82) is 0 Å². The number of rotatable bonds is 8. The molecule has 160 valence electrons. The third-order valence-electron chi connectivity index (χ3n) is 5.77. The minimum Gasteiger partial charge on any atom is -0.496 e. The molecule has 1 atom stereocenters. The third-order valence-corrected chi connectivity index (χ3v) is 5.77. The molecule has 0 radical (unpaired) electrons. The molecule has 0 amide bonds. The standard InChI is InChI=1S/C26H29N3O2/c1-18(27-15-20-12-13-26(31-4)22(14-20)17-30-3)24-16-28-29(19(24)2)25-11-7-9-21-8-5-6-10-23(21)25/h5-14,16,18,27H,15,17H2,1-4H3/t18-/m1/s1. The molecule has 0 aliphatic rings. The number of aromatic nitrogens is 2. The second-order valence-corrected chi connectivity index (χ2v) is 7.78. The fourth-order valence-electron chi connectivity index (χ4n) is 4.07. The summed E-state index contributed by atoms with van der Waals surface area (Å²) in [5.74, 6) is 0.853. The van der Waals surface area contributed by atoms with Crippen molar-refractivity contribution in [3.05, 3.63) is 89.2 Å². The Bertz CT molecular complexity index is 1180. The van der Waals surface area contributed by atoms with E-state index in [2.05, 4.69) is 73.8 Å². The Balaban J connectivity index is 1.54. The van der Waals surface area contributed by atoms with Crippen molar-refractivity contribution in [3.8, 4) is 11.4 Å². The molecule has 4 aromatic rings. The van der Waals surface area contributed by atoms with E-state index in [4.69, 9.17) is 14.6 Å². The summed E-state index contributed by atoms with van der Waals surface area (Å²) in [6.45, 7) is 5.59. The topological polar surface area (TPSA) is 48.3 Å². The van der Waals surface area contributed by atoms with E-state index in [0.29, 0.717) is 6.61 Å². The normalized spacial score (nSPS) is 12.3. The molecule has 3 aromatic carbocycles. The van der Waals surface area contributed by atoms with Crippen molar-refractivity contribution in [2.75, 3.05) is 14.2 Å². The summed E-state index contributed by atoms with van der Waals surface area (Å²) in [6, 6.07) is 21.1. The Kier molecular flexibility index (Phi) is 6.35. The van der Waals surface area contributed by atoms with Crippen LogP contribution in [-0.2, 0) is 17.9 Å². The molecule has 0 unspecified atom stereocenters. The molecule has 5 heteroatoms. The minimum absolute atomic E-state index is 0.164. The van der Waals surface area contributed by atoms with Gasteiger partial charge in [-0.2, -0.15) is 5.10 Å². The van der Waals surface area contributed by atoms with Crippen LogP contribution in [0.4, 0.5) is 0 Å². The lowest BCUT2D eigenvalue weighted by Crippen LogP contribution is -2.19. The first kappa shape index (κ1) is 21.1. The van der Waals surface area contributed by atoms with E-state index in [1.54, 1.807) is 14.2 Å². The first-order chi connectivity index (χ1) is 15.1. The molecule has 0 saturated heterocycles. The summed E-state index contributed by atoms with van der Waals surface area (Å²) < 4.78 is 12.8. The van der Waals surface area contributed by atoms with Crippen LogP contribution >= 0.6 is 0 Å². The maximum atomic E-state index is 5.43. The van der Waals surface area contributed by atoms with E-state index in [-0.39, 0.29) is 6.04 Å². The molecule has 31 heavy (non-hydrogen) atoms. The maximum Gasteiger partial charge on any atom is 0.124 e. The van der Waals surface area contributed by atoms with Crippen molar-refractivity contribution >= 4 is 10.8 Å². The highest BCUT2D eigenvalue weighted by Gasteiger charge is 2.15. The second kappa shape index (κ2) is 9.33. The summed E-state index contributed by atoms with van der Waals surface area (Å²) in [5.41, 5.74) is 5.69. The van der Waals surface area contributed by atoms with Crippen LogP contribution in [0.1, 0.15) is 35.3 Å². The summed E-state index contributed by atoms with van der Waals surface area (Å²) in [5, 5.41) is 10.8. The zero-order valence-corrected chi connectivity index (χ0v) is 18.6. The van der Waals surface area contributed by atoms with E-state index in [9.17, 15) is 0 Å².